The SMILES string of the molecule is CC(C)[C@@H](C1CC(NC2CC2)C1)N1CC2(CCN(c3ncnnc3Oc3ccc(F)cc3-c3cnncc3C3CC3)C2)C1. The van der Waals surface area contributed by atoms with Crippen LogP contribution in [-0.2, 0) is 0 Å². The quantitative estimate of drug-likeness (QED) is 0.345. The van der Waals surface area contributed by atoms with Crippen LogP contribution < -0.4 is 15.0 Å². The third-order valence-corrected chi connectivity index (χ3v) is 10.4. The van der Waals surface area contributed by atoms with E-state index < -0.39 is 0 Å². The number of hydrogen-bond acceptors (Lipinski definition) is 9. The first-order chi connectivity index (χ1) is 20.9. The number of nitrogens with one attached hydrogen (secondary N) is 1. The van der Waals surface area contributed by atoms with E-state index >= 15 is 0 Å². The predicted octanol–water partition coefficient (Wildman–Crippen LogP) is 5.20. The van der Waals surface area contributed by atoms with E-state index in [1.54, 1.807) is 18.5 Å². The highest BCUT2D eigenvalue weighted by molar-refractivity contribution is 5.74. The Balaban J connectivity index is 0.971. The molecule has 3 saturated carbocycles. The average molecular weight is 585 g/mol. The Kier molecular flexibility index (Phi) is 6.82. The van der Waals surface area contributed by atoms with Crippen LogP contribution in [0, 0.1) is 23.1 Å². The summed E-state index contributed by atoms with van der Waals surface area (Å²) in [5.74, 6) is 3.13. The van der Waals surface area contributed by atoms with Crippen LogP contribution in [0.1, 0.15) is 70.3 Å². The van der Waals surface area contributed by atoms with E-state index in [0.29, 0.717) is 40.9 Å². The summed E-state index contributed by atoms with van der Waals surface area (Å²) >= 11 is 0. The molecular weight excluding hydrogens is 543 g/mol. The van der Waals surface area contributed by atoms with Crippen LogP contribution in [0.25, 0.3) is 11.1 Å². The number of anilines is 1. The molecule has 3 aromatic rings. The lowest BCUT2D eigenvalue weighted by molar-refractivity contribution is -0.0690. The molecule has 9 nitrogen and oxygen atoms in total. The molecule has 5 fully saturated rings. The van der Waals surface area contributed by atoms with Gasteiger partial charge < -0.3 is 15.0 Å². The summed E-state index contributed by atoms with van der Waals surface area (Å²) in [6.07, 6.45) is 13.7. The van der Waals surface area contributed by atoms with Gasteiger partial charge in [-0.3, -0.25) is 4.90 Å². The van der Waals surface area contributed by atoms with Crippen LogP contribution in [0.15, 0.2) is 36.9 Å². The van der Waals surface area contributed by atoms with Crippen molar-refractivity contribution in [2.75, 3.05) is 31.1 Å². The molecule has 43 heavy (non-hydrogen) atoms. The summed E-state index contributed by atoms with van der Waals surface area (Å²) in [5.41, 5.74) is 2.84. The number of halogens is 1. The molecule has 1 aromatic carbocycles. The lowest BCUT2D eigenvalue weighted by Crippen LogP contribution is -2.65. The molecule has 4 heterocycles. The Labute approximate surface area is 252 Å². The van der Waals surface area contributed by atoms with Crippen LogP contribution in [0.3, 0.4) is 0 Å². The van der Waals surface area contributed by atoms with Gasteiger partial charge in [-0.05, 0) is 86.5 Å². The van der Waals surface area contributed by atoms with Gasteiger partial charge in [-0.2, -0.15) is 10.2 Å². The fourth-order valence-corrected chi connectivity index (χ4v) is 8.05. The Hall–Kier alpha value is -3.24. The molecule has 2 aromatic heterocycles. The number of hydrogen-bond donors (Lipinski definition) is 1. The van der Waals surface area contributed by atoms with Gasteiger partial charge in [0.25, 0.3) is 5.88 Å². The number of ether oxygens (including phenoxy) is 1. The fraction of sp³-hybridized carbons (Fsp3) is 0.606. The zero-order valence-corrected chi connectivity index (χ0v) is 25.1. The van der Waals surface area contributed by atoms with Gasteiger partial charge in [-0.15, -0.1) is 10.2 Å². The maximum atomic E-state index is 14.5. The van der Waals surface area contributed by atoms with Crippen molar-refractivity contribution >= 4 is 5.82 Å². The lowest BCUT2D eigenvalue weighted by Gasteiger charge is -2.57. The average Bonchev–Trinajstić information content (AvgIpc) is 3.91. The first kappa shape index (κ1) is 27.3. The summed E-state index contributed by atoms with van der Waals surface area (Å²) in [6.45, 7) is 8.90. The predicted molar refractivity (Wildman–Crippen MR) is 161 cm³/mol. The molecule has 2 saturated heterocycles. The van der Waals surface area contributed by atoms with Crippen molar-refractivity contribution in [3.05, 3.63) is 48.3 Å². The van der Waals surface area contributed by atoms with E-state index in [2.05, 4.69) is 54.3 Å². The van der Waals surface area contributed by atoms with Crippen molar-refractivity contribution < 1.29 is 9.13 Å². The van der Waals surface area contributed by atoms with Gasteiger partial charge in [-0.25, -0.2) is 9.37 Å². The van der Waals surface area contributed by atoms with Crippen LogP contribution in [0.2, 0.25) is 0 Å². The van der Waals surface area contributed by atoms with Gasteiger partial charge in [0.2, 0.25) is 0 Å². The van der Waals surface area contributed by atoms with Crippen molar-refractivity contribution in [2.24, 2.45) is 17.3 Å². The second kappa shape index (κ2) is 10.7. The van der Waals surface area contributed by atoms with Crippen molar-refractivity contribution in [3.8, 4) is 22.8 Å². The Morgan fingerprint density at radius 2 is 1.79 bits per heavy atom. The van der Waals surface area contributed by atoms with E-state index in [-0.39, 0.29) is 11.2 Å². The summed E-state index contributed by atoms with van der Waals surface area (Å²) in [4.78, 5) is 9.70. The number of aromatic nitrogens is 5. The molecule has 0 radical (unpaired) electrons. The smallest absolute Gasteiger partial charge is 0.282 e. The van der Waals surface area contributed by atoms with Crippen molar-refractivity contribution in [2.45, 2.75) is 82.8 Å². The van der Waals surface area contributed by atoms with Crippen LogP contribution in [-0.4, -0.2) is 74.6 Å². The second-order valence-corrected chi connectivity index (χ2v) is 14.1. The van der Waals surface area contributed by atoms with Crippen LogP contribution >= 0.6 is 0 Å². The minimum Gasteiger partial charge on any atom is -0.434 e. The molecule has 0 bridgehead atoms. The molecule has 226 valence electrons. The van der Waals surface area contributed by atoms with Gasteiger partial charge in [0.15, 0.2) is 5.82 Å². The number of benzene rings is 1. The highest BCUT2D eigenvalue weighted by Gasteiger charge is 2.53. The minimum absolute atomic E-state index is 0.272. The second-order valence-electron chi connectivity index (χ2n) is 14.1. The molecule has 8 rings (SSSR count). The fourth-order valence-electron chi connectivity index (χ4n) is 8.05. The maximum absolute atomic E-state index is 14.5. The number of nitrogens with zero attached hydrogens (tertiary/aromatic N) is 7. The van der Waals surface area contributed by atoms with E-state index in [9.17, 15) is 4.39 Å². The third kappa shape index (κ3) is 5.37. The van der Waals surface area contributed by atoms with Gasteiger partial charge in [0, 0.05) is 60.8 Å². The summed E-state index contributed by atoms with van der Waals surface area (Å²) < 4.78 is 20.9. The molecule has 0 unspecified atom stereocenters. The van der Waals surface area contributed by atoms with Crippen molar-refractivity contribution in [3.63, 3.8) is 0 Å². The molecular formula is C33H41FN8O. The van der Waals surface area contributed by atoms with Gasteiger partial charge in [0.1, 0.15) is 17.9 Å². The Bertz CT molecular complexity index is 1480. The Morgan fingerprint density at radius 3 is 2.56 bits per heavy atom. The highest BCUT2D eigenvalue weighted by Crippen LogP contribution is 2.49. The zero-order chi connectivity index (χ0) is 29.1. The zero-order valence-electron chi connectivity index (χ0n) is 25.1. The molecule has 5 aliphatic rings. The van der Waals surface area contributed by atoms with Crippen LogP contribution in [0.4, 0.5) is 10.2 Å². The molecule has 1 N–H and O–H groups in total. The molecule has 10 heteroatoms. The van der Waals surface area contributed by atoms with Gasteiger partial charge in [0.05, 0.1) is 12.4 Å². The largest absolute Gasteiger partial charge is 0.434 e. The summed E-state index contributed by atoms with van der Waals surface area (Å²) in [7, 11) is 0. The molecule has 3 aliphatic carbocycles. The van der Waals surface area contributed by atoms with Crippen molar-refractivity contribution in [1.82, 2.24) is 35.6 Å². The topological polar surface area (TPSA) is 92.2 Å². The van der Waals surface area contributed by atoms with Crippen LogP contribution in [0.5, 0.6) is 11.6 Å². The Morgan fingerprint density at radius 1 is 0.977 bits per heavy atom. The maximum Gasteiger partial charge on any atom is 0.282 e. The molecule has 0 amide bonds. The molecule has 2 aliphatic heterocycles. The lowest BCUT2D eigenvalue weighted by atomic mass is 9.68. The minimum atomic E-state index is -0.328. The first-order valence-electron chi connectivity index (χ1n) is 16.2. The normalized spacial score (nSPS) is 25.5. The first-order valence-corrected chi connectivity index (χ1v) is 16.2. The van der Waals surface area contributed by atoms with Gasteiger partial charge >= 0.3 is 0 Å². The summed E-state index contributed by atoms with van der Waals surface area (Å²) in [6, 6.07) is 6.78. The van der Waals surface area contributed by atoms with Gasteiger partial charge in [-0.1, -0.05) is 13.8 Å². The van der Waals surface area contributed by atoms with Crippen molar-refractivity contribution in [1.29, 1.82) is 0 Å². The number of likely N-dealkylation sites (tertiary alicyclic amines) is 1. The monoisotopic (exact) mass is 584 g/mol. The highest BCUT2D eigenvalue weighted by atomic mass is 19.1. The molecule has 1 spiro atoms. The third-order valence-electron chi connectivity index (χ3n) is 10.4. The van der Waals surface area contributed by atoms with E-state index in [1.807, 2.05) is 0 Å². The standard InChI is InChI=1S/C33H41FN8O/c1-20(2)30(22-11-25(12-22)39-24-6-7-24)42-17-33(18-42)9-10-41(16-33)31-32(40-38-19-35-31)43-29-8-5-23(34)13-26(29)28-15-37-36-14-27(28)21-3-4-21/h5,8,13-15,19-22,24-25,30,39H,3-4,6-7,9-12,16-18H2,1-2H3/t22?,25?,30-/m0/s1. The van der Waals surface area contributed by atoms with E-state index in [4.69, 9.17) is 4.74 Å². The molecule has 1 atom stereocenters. The summed E-state index contributed by atoms with van der Waals surface area (Å²) in [5, 5.41) is 20.4. The number of rotatable bonds is 10. The van der Waals surface area contributed by atoms with E-state index in [1.165, 1.54) is 44.1 Å². The van der Waals surface area contributed by atoms with E-state index in [0.717, 1.165) is 74.6 Å².